The highest BCUT2D eigenvalue weighted by molar-refractivity contribution is 6.68. The van der Waals surface area contributed by atoms with Crippen LogP contribution in [0.2, 0.25) is 5.02 Å². The van der Waals surface area contributed by atoms with Crippen LogP contribution in [0.3, 0.4) is 0 Å². The number of halogens is 4. The summed E-state index contributed by atoms with van der Waals surface area (Å²) in [6.07, 6.45) is 0.0468. The lowest BCUT2D eigenvalue weighted by Gasteiger charge is -2.45. The Kier molecular flexibility index (Phi) is 3.04. The van der Waals surface area contributed by atoms with Crippen LogP contribution in [0, 0.1) is 0 Å². The first-order chi connectivity index (χ1) is 7.35. The lowest BCUT2D eigenvalue weighted by molar-refractivity contribution is -0.193. The average Bonchev–Trinajstić information content (AvgIpc) is 2.12. The number of cyclic esters (lactones) is 1. The fourth-order valence-electron chi connectivity index (χ4n) is 1.59. The Balaban J connectivity index is 2.42. The SMILES string of the molecule is O=C1C[C@@](c2ccc(Cl)cc2)(C(Cl)(Cl)Cl)O1. The molecule has 1 aliphatic rings. The van der Waals surface area contributed by atoms with E-state index >= 15 is 0 Å². The third-order valence-corrected chi connectivity index (χ3v) is 3.62. The van der Waals surface area contributed by atoms with E-state index < -0.39 is 9.39 Å². The van der Waals surface area contributed by atoms with E-state index in [0.717, 1.165) is 0 Å². The van der Waals surface area contributed by atoms with Gasteiger partial charge in [0.25, 0.3) is 0 Å². The number of hydrogen-bond donors (Lipinski definition) is 0. The van der Waals surface area contributed by atoms with Crippen LogP contribution in [0.4, 0.5) is 0 Å². The van der Waals surface area contributed by atoms with Gasteiger partial charge in [0, 0.05) is 10.6 Å². The number of alkyl halides is 3. The number of ether oxygens (including phenoxy) is 1. The van der Waals surface area contributed by atoms with Gasteiger partial charge in [-0.15, -0.1) is 0 Å². The van der Waals surface area contributed by atoms with Gasteiger partial charge in [-0.05, 0) is 12.1 Å². The number of esters is 1. The van der Waals surface area contributed by atoms with Crippen LogP contribution < -0.4 is 0 Å². The molecule has 0 bridgehead atoms. The van der Waals surface area contributed by atoms with Crippen molar-refractivity contribution in [2.75, 3.05) is 0 Å². The van der Waals surface area contributed by atoms with Gasteiger partial charge < -0.3 is 4.74 Å². The van der Waals surface area contributed by atoms with Gasteiger partial charge in [0.2, 0.25) is 3.79 Å². The highest BCUT2D eigenvalue weighted by atomic mass is 35.6. The van der Waals surface area contributed by atoms with Gasteiger partial charge in [-0.2, -0.15) is 0 Å². The van der Waals surface area contributed by atoms with E-state index in [0.29, 0.717) is 10.6 Å². The van der Waals surface area contributed by atoms with Crippen molar-refractivity contribution in [1.29, 1.82) is 0 Å². The molecule has 0 radical (unpaired) electrons. The van der Waals surface area contributed by atoms with Gasteiger partial charge in [0.1, 0.15) is 0 Å². The molecule has 16 heavy (non-hydrogen) atoms. The van der Waals surface area contributed by atoms with Crippen LogP contribution in [0.5, 0.6) is 0 Å². The summed E-state index contributed by atoms with van der Waals surface area (Å²) in [4.78, 5) is 11.0. The first-order valence-corrected chi connectivity index (χ1v) is 5.91. The highest BCUT2D eigenvalue weighted by Crippen LogP contribution is 2.54. The Bertz CT molecular complexity index is 413. The van der Waals surface area contributed by atoms with E-state index in [-0.39, 0.29) is 12.4 Å². The van der Waals surface area contributed by atoms with Gasteiger partial charge in [-0.1, -0.05) is 58.5 Å². The molecule has 0 aromatic heterocycles. The molecular formula is C10H6Cl4O2. The fraction of sp³-hybridized carbons (Fsp3) is 0.300. The van der Waals surface area contributed by atoms with E-state index in [1.807, 2.05) is 0 Å². The zero-order valence-electron chi connectivity index (χ0n) is 7.84. The third kappa shape index (κ3) is 1.88. The molecule has 1 heterocycles. The monoisotopic (exact) mass is 298 g/mol. The van der Waals surface area contributed by atoms with Crippen LogP contribution in [-0.2, 0) is 15.1 Å². The van der Waals surface area contributed by atoms with Crippen LogP contribution in [-0.4, -0.2) is 9.76 Å². The van der Waals surface area contributed by atoms with E-state index in [2.05, 4.69) is 0 Å². The number of benzene rings is 1. The molecule has 1 saturated heterocycles. The molecule has 86 valence electrons. The van der Waals surface area contributed by atoms with E-state index in [1.165, 1.54) is 0 Å². The average molecular weight is 300 g/mol. The Morgan fingerprint density at radius 3 is 2.06 bits per heavy atom. The van der Waals surface area contributed by atoms with Crippen molar-refractivity contribution in [1.82, 2.24) is 0 Å². The van der Waals surface area contributed by atoms with Gasteiger partial charge in [-0.3, -0.25) is 4.79 Å². The molecule has 0 N–H and O–H groups in total. The summed E-state index contributed by atoms with van der Waals surface area (Å²) in [7, 11) is 0. The maximum atomic E-state index is 11.0. The second-order valence-electron chi connectivity index (χ2n) is 3.48. The van der Waals surface area contributed by atoms with Crippen molar-refractivity contribution in [2.45, 2.75) is 15.8 Å². The summed E-state index contributed by atoms with van der Waals surface area (Å²) >= 11 is 23.3. The van der Waals surface area contributed by atoms with Gasteiger partial charge >= 0.3 is 5.97 Å². The minimum atomic E-state index is -1.70. The van der Waals surface area contributed by atoms with Crippen LogP contribution >= 0.6 is 46.4 Å². The molecule has 2 rings (SSSR count). The summed E-state index contributed by atoms with van der Waals surface area (Å²) in [5.41, 5.74) is -0.573. The maximum absolute atomic E-state index is 11.0. The zero-order valence-corrected chi connectivity index (χ0v) is 10.9. The van der Waals surface area contributed by atoms with Crippen LogP contribution in [0.1, 0.15) is 12.0 Å². The third-order valence-electron chi connectivity index (χ3n) is 2.45. The van der Waals surface area contributed by atoms with Crippen molar-refractivity contribution in [3.05, 3.63) is 34.9 Å². The Morgan fingerprint density at radius 1 is 1.19 bits per heavy atom. The molecule has 1 fully saturated rings. The largest absolute Gasteiger partial charge is 0.449 e. The van der Waals surface area contributed by atoms with Crippen molar-refractivity contribution >= 4 is 52.4 Å². The van der Waals surface area contributed by atoms with Gasteiger partial charge in [0.05, 0.1) is 6.42 Å². The molecule has 1 aromatic carbocycles. The minimum Gasteiger partial charge on any atom is -0.449 e. The molecule has 0 spiro atoms. The number of hydrogen-bond acceptors (Lipinski definition) is 2. The molecule has 0 amide bonds. The highest BCUT2D eigenvalue weighted by Gasteiger charge is 2.61. The lowest BCUT2D eigenvalue weighted by atomic mass is 9.87. The first-order valence-electron chi connectivity index (χ1n) is 4.40. The topological polar surface area (TPSA) is 26.3 Å². The normalized spacial score (nSPS) is 24.9. The zero-order chi connectivity index (χ0) is 12.0. The van der Waals surface area contributed by atoms with Gasteiger partial charge in [0.15, 0.2) is 5.60 Å². The van der Waals surface area contributed by atoms with Crippen LogP contribution in [0.25, 0.3) is 0 Å². The summed E-state index contributed by atoms with van der Waals surface area (Å²) in [6.45, 7) is 0. The fourth-order valence-corrected chi connectivity index (χ4v) is 2.36. The summed E-state index contributed by atoms with van der Waals surface area (Å²) < 4.78 is 3.34. The molecule has 1 aromatic rings. The molecule has 0 aliphatic carbocycles. The second kappa shape index (κ2) is 3.95. The van der Waals surface area contributed by atoms with E-state index in [9.17, 15) is 4.79 Å². The summed E-state index contributed by atoms with van der Waals surface area (Å²) in [5.74, 6) is -0.388. The molecule has 6 heteroatoms. The molecule has 0 saturated carbocycles. The number of rotatable bonds is 1. The number of carbonyl (C=O) groups is 1. The second-order valence-corrected chi connectivity index (χ2v) is 6.20. The maximum Gasteiger partial charge on any atom is 0.311 e. The quantitative estimate of drug-likeness (QED) is 0.581. The summed E-state index contributed by atoms with van der Waals surface area (Å²) in [6, 6.07) is 6.66. The van der Waals surface area contributed by atoms with Crippen molar-refractivity contribution in [3.63, 3.8) is 0 Å². The summed E-state index contributed by atoms with van der Waals surface area (Å²) in [5, 5.41) is 0.564. The molecular weight excluding hydrogens is 294 g/mol. The van der Waals surface area contributed by atoms with Crippen LogP contribution in [0.15, 0.2) is 24.3 Å². The Hall–Kier alpha value is -0.150. The van der Waals surface area contributed by atoms with Crippen molar-refractivity contribution < 1.29 is 9.53 Å². The Labute approximate surface area is 112 Å². The standard InChI is InChI=1S/C10H6Cl4O2/c11-7-3-1-6(2-4-7)9(10(12,13)14)5-8(15)16-9/h1-4H,5H2/t9-/m1/s1. The van der Waals surface area contributed by atoms with Crippen molar-refractivity contribution in [3.8, 4) is 0 Å². The predicted octanol–water partition coefficient (Wildman–Crippen LogP) is 3.85. The van der Waals surface area contributed by atoms with E-state index in [1.54, 1.807) is 24.3 Å². The Morgan fingerprint density at radius 2 is 1.69 bits per heavy atom. The lowest BCUT2D eigenvalue weighted by Crippen LogP contribution is -2.54. The molecule has 1 aliphatic heterocycles. The van der Waals surface area contributed by atoms with Gasteiger partial charge in [-0.25, -0.2) is 0 Å². The molecule has 0 unspecified atom stereocenters. The molecule has 2 nitrogen and oxygen atoms in total. The smallest absolute Gasteiger partial charge is 0.311 e. The first kappa shape index (κ1) is 12.3. The minimum absolute atomic E-state index is 0.0468. The number of carbonyl (C=O) groups excluding carboxylic acids is 1. The van der Waals surface area contributed by atoms with Crippen molar-refractivity contribution in [2.24, 2.45) is 0 Å². The molecule has 1 atom stereocenters. The van der Waals surface area contributed by atoms with E-state index in [4.69, 9.17) is 51.1 Å². The predicted molar refractivity (Wildman–Crippen MR) is 64.1 cm³/mol.